The van der Waals surface area contributed by atoms with E-state index in [1.807, 2.05) is 0 Å². The van der Waals surface area contributed by atoms with Crippen LogP contribution in [0, 0.1) is 5.41 Å². The van der Waals surface area contributed by atoms with E-state index in [0.29, 0.717) is 0 Å². The molecule has 0 aliphatic heterocycles. The first-order valence-electron chi connectivity index (χ1n) is 8.05. The molecule has 0 saturated heterocycles. The van der Waals surface area contributed by atoms with Crippen LogP contribution in [-0.2, 0) is 38.7 Å². The molecule has 0 radical (unpaired) electrons. The molecule has 1 atom stereocenters. The summed E-state index contributed by atoms with van der Waals surface area (Å²) < 4.78 is 46.1. The van der Waals surface area contributed by atoms with Crippen LogP contribution in [0.15, 0.2) is 24.3 Å². The van der Waals surface area contributed by atoms with Crippen LogP contribution in [0.4, 0.5) is 0 Å². The van der Waals surface area contributed by atoms with Crippen molar-refractivity contribution in [2.45, 2.75) is 39.4 Å². The van der Waals surface area contributed by atoms with Gasteiger partial charge < -0.3 is 14.2 Å². The van der Waals surface area contributed by atoms with Gasteiger partial charge in [0.25, 0.3) is 10.1 Å². The van der Waals surface area contributed by atoms with Crippen LogP contribution in [0.1, 0.15) is 34.1 Å². The third-order valence-electron chi connectivity index (χ3n) is 3.72. The van der Waals surface area contributed by atoms with E-state index in [4.69, 9.17) is 18.8 Å². The Morgan fingerprint density at radius 1 is 1.00 bits per heavy atom. The molecule has 0 fully saturated rings. The molecule has 0 amide bonds. The van der Waals surface area contributed by atoms with Gasteiger partial charge in [0.15, 0.2) is 0 Å². The Labute approximate surface area is 195 Å². The first kappa shape index (κ1) is 29.3. The Hall–Kier alpha value is -0.940. The summed E-state index contributed by atoms with van der Waals surface area (Å²) in [6.45, 7) is 10.9. The number of ether oxygens (including phenoxy) is 3. The van der Waals surface area contributed by atoms with Crippen molar-refractivity contribution in [2.75, 3.05) is 19.8 Å². The second-order valence-electron chi connectivity index (χ2n) is 6.27. The molecular formula is C17H28CaO9S. The Morgan fingerprint density at radius 2 is 1.39 bits per heavy atom. The van der Waals surface area contributed by atoms with Crippen LogP contribution in [0.5, 0.6) is 0 Å². The van der Waals surface area contributed by atoms with E-state index in [1.165, 1.54) is 13.8 Å². The SMILES string of the molecule is C=C(C)C(=O)OCC(CC)(COC(=O)C(=C)C)C(=O)OCC(C)S(=O)(=O)O.[CaH2]. The predicted molar refractivity (Wildman–Crippen MR) is 105 cm³/mol. The quantitative estimate of drug-likeness (QED) is 0.158. The van der Waals surface area contributed by atoms with Gasteiger partial charge in [-0.3, -0.25) is 9.35 Å². The summed E-state index contributed by atoms with van der Waals surface area (Å²) in [7, 11) is -4.40. The summed E-state index contributed by atoms with van der Waals surface area (Å²) in [5.41, 5.74) is -1.35. The van der Waals surface area contributed by atoms with Gasteiger partial charge in [-0.05, 0) is 27.2 Å². The van der Waals surface area contributed by atoms with Gasteiger partial charge in [-0.2, -0.15) is 8.42 Å². The standard InChI is InChI=1S/C17H26O9S.Ca.2H/c1-7-17(9-25-14(18)11(2)3,10-26-15(19)12(4)5)16(20)24-8-13(6)27(21,22)23;;;/h13H,2,4,7-10H2,1,3,5-6H3,(H,21,22,23);;;. The summed E-state index contributed by atoms with van der Waals surface area (Å²) in [4.78, 5) is 35.9. The summed E-state index contributed by atoms with van der Waals surface area (Å²) in [5.74, 6) is -2.44. The minimum atomic E-state index is -4.40. The molecule has 0 bridgehead atoms. The van der Waals surface area contributed by atoms with E-state index in [0.717, 1.165) is 6.92 Å². The fourth-order valence-corrected chi connectivity index (χ4v) is 1.83. The zero-order valence-corrected chi connectivity index (χ0v) is 16.8. The van der Waals surface area contributed by atoms with Gasteiger partial charge in [0, 0.05) is 11.1 Å². The molecule has 1 unspecified atom stereocenters. The maximum atomic E-state index is 12.6. The zero-order valence-electron chi connectivity index (χ0n) is 15.9. The van der Waals surface area contributed by atoms with E-state index in [2.05, 4.69) is 13.2 Å². The number of hydrogen-bond donors (Lipinski definition) is 1. The molecule has 0 saturated carbocycles. The Bertz CT molecular complexity index is 682. The van der Waals surface area contributed by atoms with E-state index < -0.39 is 58.5 Å². The van der Waals surface area contributed by atoms with Gasteiger partial charge in [-0.15, -0.1) is 0 Å². The normalized spacial score (nSPS) is 12.2. The predicted octanol–water partition coefficient (Wildman–Crippen LogP) is 0.525. The van der Waals surface area contributed by atoms with Gasteiger partial charge in [0.1, 0.15) is 30.5 Å². The Balaban J connectivity index is 0. The van der Waals surface area contributed by atoms with Crippen molar-refractivity contribution >= 4 is 65.8 Å². The first-order valence-corrected chi connectivity index (χ1v) is 9.56. The average Bonchev–Trinajstić information content (AvgIpc) is 2.58. The van der Waals surface area contributed by atoms with E-state index in [-0.39, 0.29) is 55.3 Å². The van der Waals surface area contributed by atoms with Crippen LogP contribution >= 0.6 is 0 Å². The molecule has 0 aliphatic rings. The van der Waals surface area contributed by atoms with Gasteiger partial charge in [0.05, 0.1) is 0 Å². The number of hydrogen-bond acceptors (Lipinski definition) is 8. The number of rotatable bonds is 11. The number of esters is 3. The fourth-order valence-electron chi connectivity index (χ4n) is 1.59. The summed E-state index contributed by atoms with van der Waals surface area (Å²) in [6.07, 6.45) is 0.0546. The third-order valence-corrected chi connectivity index (χ3v) is 4.88. The molecule has 0 aliphatic carbocycles. The Kier molecular flexibility index (Phi) is 13.2. The fraction of sp³-hybridized carbons (Fsp3) is 0.588. The molecule has 11 heteroatoms. The van der Waals surface area contributed by atoms with E-state index >= 15 is 0 Å². The van der Waals surface area contributed by atoms with Crippen LogP contribution in [0.3, 0.4) is 0 Å². The molecule has 1 N–H and O–H groups in total. The van der Waals surface area contributed by atoms with Gasteiger partial charge in [-0.1, -0.05) is 20.1 Å². The van der Waals surface area contributed by atoms with Gasteiger partial charge >= 0.3 is 55.6 Å². The molecule has 9 nitrogen and oxygen atoms in total. The molecule has 0 aromatic heterocycles. The summed E-state index contributed by atoms with van der Waals surface area (Å²) in [6, 6.07) is 0. The second-order valence-corrected chi connectivity index (χ2v) is 8.11. The van der Waals surface area contributed by atoms with Crippen LogP contribution in [0.25, 0.3) is 0 Å². The van der Waals surface area contributed by atoms with Crippen molar-refractivity contribution in [1.29, 1.82) is 0 Å². The molecule has 158 valence electrons. The average molecular weight is 449 g/mol. The number of carbonyl (C=O) groups excluding carboxylic acids is 3. The van der Waals surface area contributed by atoms with Crippen molar-refractivity contribution in [3.63, 3.8) is 0 Å². The van der Waals surface area contributed by atoms with Crippen LogP contribution < -0.4 is 0 Å². The topological polar surface area (TPSA) is 133 Å². The van der Waals surface area contributed by atoms with Crippen molar-refractivity contribution in [1.82, 2.24) is 0 Å². The minimum absolute atomic E-state index is 0. The molecule has 0 aromatic rings. The first-order chi connectivity index (χ1) is 12.3. The monoisotopic (exact) mass is 448 g/mol. The molecular weight excluding hydrogens is 420 g/mol. The maximum absolute atomic E-state index is 12.6. The van der Waals surface area contributed by atoms with Crippen LogP contribution in [-0.4, -0.2) is 93.7 Å². The Morgan fingerprint density at radius 3 is 1.68 bits per heavy atom. The second kappa shape index (κ2) is 12.6. The molecule has 0 spiro atoms. The van der Waals surface area contributed by atoms with Crippen molar-refractivity contribution < 1.29 is 41.6 Å². The zero-order chi connectivity index (χ0) is 21.4. The van der Waals surface area contributed by atoms with E-state index in [1.54, 1.807) is 6.92 Å². The summed E-state index contributed by atoms with van der Waals surface area (Å²) in [5, 5.41) is -1.35. The molecule has 0 aromatic carbocycles. The number of carbonyl (C=O) groups is 3. The third kappa shape index (κ3) is 9.51. The summed E-state index contributed by atoms with van der Waals surface area (Å²) >= 11 is 0. The molecule has 28 heavy (non-hydrogen) atoms. The van der Waals surface area contributed by atoms with Gasteiger partial charge in [0.2, 0.25) is 0 Å². The van der Waals surface area contributed by atoms with Crippen LogP contribution in [0.2, 0.25) is 0 Å². The molecule has 0 heterocycles. The van der Waals surface area contributed by atoms with Gasteiger partial charge in [-0.25, -0.2) is 9.59 Å². The van der Waals surface area contributed by atoms with Crippen molar-refractivity contribution in [3.8, 4) is 0 Å². The van der Waals surface area contributed by atoms with Crippen molar-refractivity contribution in [3.05, 3.63) is 24.3 Å². The van der Waals surface area contributed by atoms with E-state index in [9.17, 15) is 22.8 Å². The van der Waals surface area contributed by atoms with Crippen molar-refractivity contribution in [2.24, 2.45) is 5.41 Å². The molecule has 0 rings (SSSR count).